The second-order valence-corrected chi connectivity index (χ2v) is 5.83. The van der Waals surface area contributed by atoms with Crippen molar-refractivity contribution in [2.75, 3.05) is 20.1 Å². The highest BCUT2D eigenvalue weighted by Gasteiger charge is 2.30. The number of unbranched alkanes of at least 4 members (excludes halogenated alkanes) is 1. The van der Waals surface area contributed by atoms with Crippen LogP contribution in [0.5, 0.6) is 0 Å². The van der Waals surface area contributed by atoms with Crippen LogP contribution >= 0.6 is 0 Å². The molecule has 1 fully saturated rings. The minimum absolute atomic E-state index is 0.457. The lowest BCUT2D eigenvalue weighted by Gasteiger charge is -2.27. The Kier molecular flexibility index (Phi) is 5.41. The van der Waals surface area contributed by atoms with E-state index >= 15 is 0 Å². The molecule has 1 saturated carbocycles. The van der Waals surface area contributed by atoms with Gasteiger partial charge in [0, 0.05) is 18.6 Å². The molecular formula is C17H28N2. The summed E-state index contributed by atoms with van der Waals surface area (Å²) >= 11 is 0. The van der Waals surface area contributed by atoms with E-state index in [1.54, 1.807) is 0 Å². The van der Waals surface area contributed by atoms with E-state index < -0.39 is 0 Å². The zero-order valence-electron chi connectivity index (χ0n) is 12.7. The summed E-state index contributed by atoms with van der Waals surface area (Å²) < 4.78 is 0. The van der Waals surface area contributed by atoms with Crippen molar-refractivity contribution in [3.05, 3.63) is 35.4 Å². The van der Waals surface area contributed by atoms with E-state index in [1.807, 2.05) is 0 Å². The smallest absolute Gasteiger partial charge is 0.0446 e. The summed E-state index contributed by atoms with van der Waals surface area (Å²) in [5.74, 6) is 0. The molecule has 1 aromatic rings. The second kappa shape index (κ2) is 7.06. The van der Waals surface area contributed by atoms with Gasteiger partial charge in [-0.3, -0.25) is 4.90 Å². The van der Waals surface area contributed by atoms with Gasteiger partial charge in [0.15, 0.2) is 0 Å². The molecule has 106 valence electrons. The first-order valence-corrected chi connectivity index (χ1v) is 7.72. The second-order valence-electron chi connectivity index (χ2n) is 5.83. The van der Waals surface area contributed by atoms with Crippen molar-refractivity contribution in [3.8, 4) is 0 Å². The van der Waals surface area contributed by atoms with Crippen molar-refractivity contribution < 1.29 is 0 Å². The van der Waals surface area contributed by atoms with Crippen LogP contribution in [0.1, 0.15) is 49.8 Å². The summed E-state index contributed by atoms with van der Waals surface area (Å²) in [6.45, 7) is 6.83. The summed E-state index contributed by atoms with van der Waals surface area (Å²) in [4.78, 5) is 2.69. The van der Waals surface area contributed by atoms with Gasteiger partial charge in [-0.2, -0.15) is 0 Å². The van der Waals surface area contributed by atoms with Crippen molar-refractivity contribution in [1.29, 1.82) is 0 Å². The molecule has 0 heterocycles. The Labute approximate surface area is 118 Å². The van der Waals surface area contributed by atoms with Crippen LogP contribution in [0.15, 0.2) is 24.3 Å². The predicted molar refractivity (Wildman–Crippen MR) is 82.5 cm³/mol. The summed E-state index contributed by atoms with van der Waals surface area (Å²) in [6.07, 6.45) is 5.40. The van der Waals surface area contributed by atoms with Gasteiger partial charge in [-0.25, -0.2) is 0 Å². The molecule has 0 spiro atoms. The molecule has 2 rings (SSSR count). The number of nitrogens with zero attached hydrogens (tertiary/aromatic N) is 1. The van der Waals surface area contributed by atoms with Crippen LogP contribution in [0.2, 0.25) is 0 Å². The number of hydrogen-bond donors (Lipinski definition) is 1. The van der Waals surface area contributed by atoms with E-state index in [4.69, 9.17) is 0 Å². The van der Waals surface area contributed by atoms with Crippen molar-refractivity contribution in [2.45, 2.75) is 51.6 Å². The molecule has 2 nitrogen and oxygen atoms in total. The van der Waals surface area contributed by atoms with Crippen molar-refractivity contribution in [2.24, 2.45) is 0 Å². The van der Waals surface area contributed by atoms with Gasteiger partial charge in [0.05, 0.1) is 0 Å². The molecule has 0 aliphatic heterocycles. The van der Waals surface area contributed by atoms with Crippen molar-refractivity contribution >= 4 is 0 Å². The van der Waals surface area contributed by atoms with E-state index in [0.717, 1.165) is 12.6 Å². The third kappa shape index (κ3) is 4.32. The minimum atomic E-state index is 0.457. The van der Waals surface area contributed by atoms with Gasteiger partial charge >= 0.3 is 0 Å². The number of benzene rings is 1. The topological polar surface area (TPSA) is 15.3 Å². The summed E-state index contributed by atoms with van der Waals surface area (Å²) in [7, 11) is 2.08. The van der Waals surface area contributed by atoms with Crippen LogP contribution in [0.25, 0.3) is 0 Å². The largest absolute Gasteiger partial charge is 0.312 e. The van der Waals surface area contributed by atoms with Crippen molar-refractivity contribution in [1.82, 2.24) is 10.2 Å². The molecule has 1 aromatic carbocycles. The SMILES string of the molecule is CCCCN(CC(NC)c1ccc(C)cc1)C1CC1. The standard InChI is InChI=1S/C17H28N2/c1-4-5-12-19(16-10-11-16)13-17(18-3)15-8-6-14(2)7-9-15/h6-9,16-18H,4-5,10-13H2,1-3H3. The lowest BCUT2D eigenvalue weighted by Crippen LogP contribution is -2.36. The minimum Gasteiger partial charge on any atom is -0.312 e. The first-order valence-electron chi connectivity index (χ1n) is 7.72. The summed E-state index contributed by atoms with van der Waals surface area (Å²) in [5, 5.41) is 3.49. The number of nitrogens with one attached hydrogen (secondary N) is 1. The average Bonchev–Trinajstić information content (AvgIpc) is 3.25. The number of rotatable bonds is 8. The number of likely N-dealkylation sites (N-methyl/N-ethyl adjacent to an activating group) is 1. The van der Waals surface area contributed by atoms with Gasteiger partial charge in [-0.1, -0.05) is 43.2 Å². The van der Waals surface area contributed by atoms with Crippen LogP contribution < -0.4 is 5.32 Å². The Morgan fingerprint density at radius 1 is 1.26 bits per heavy atom. The third-order valence-electron chi connectivity index (χ3n) is 4.11. The van der Waals surface area contributed by atoms with Crippen LogP contribution in [0.3, 0.4) is 0 Å². The molecule has 1 unspecified atom stereocenters. The molecule has 19 heavy (non-hydrogen) atoms. The van der Waals surface area contributed by atoms with Crippen LogP contribution in [-0.4, -0.2) is 31.1 Å². The lowest BCUT2D eigenvalue weighted by molar-refractivity contribution is 0.233. The molecule has 1 aliphatic carbocycles. The highest BCUT2D eigenvalue weighted by Crippen LogP contribution is 2.29. The fourth-order valence-corrected chi connectivity index (χ4v) is 2.62. The van der Waals surface area contributed by atoms with E-state index in [9.17, 15) is 0 Å². The molecule has 1 aliphatic rings. The van der Waals surface area contributed by atoms with Crippen molar-refractivity contribution in [3.63, 3.8) is 0 Å². The van der Waals surface area contributed by atoms with Gasteiger partial charge in [0.2, 0.25) is 0 Å². The Balaban J connectivity index is 1.97. The van der Waals surface area contributed by atoms with E-state index in [1.165, 1.54) is 43.4 Å². The van der Waals surface area contributed by atoms with Gasteiger partial charge < -0.3 is 5.32 Å². The normalized spacial score (nSPS) is 16.8. The van der Waals surface area contributed by atoms with Crippen LogP contribution in [0.4, 0.5) is 0 Å². The molecule has 2 heteroatoms. The monoisotopic (exact) mass is 260 g/mol. The molecule has 0 radical (unpaired) electrons. The lowest BCUT2D eigenvalue weighted by atomic mass is 10.0. The number of aryl methyl sites for hydroxylation is 1. The zero-order chi connectivity index (χ0) is 13.7. The van der Waals surface area contributed by atoms with Gasteiger partial charge in [-0.15, -0.1) is 0 Å². The third-order valence-corrected chi connectivity index (χ3v) is 4.11. The molecular weight excluding hydrogens is 232 g/mol. The van der Waals surface area contributed by atoms with E-state index in [0.29, 0.717) is 6.04 Å². The molecule has 0 aromatic heterocycles. The quantitative estimate of drug-likeness (QED) is 0.769. The van der Waals surface area contributed by atoms with Gasteiger partial charge in [0.1, 0.15) is 0 Å². The fraction of sp³-hybridized carbons (Fsp3) is 0.647. The first kappa shape index (κ1) is 14.5. The Hall–Kier alpha value is -0.860. The first-order chi connectivity index (χ1) is 9.24. The summed E-state index contributed by atoms with van der Waals surface area (Å²) in [5.41, 5.74) is 2.75. The Morgan fingerprint density at radius 2 is 1.95 bits per heavy atom. The Bertz CT molecular complexity index is 367. The highest BCUT2D eigenvalue weighted by molar-refractivity contribution is 5.24. The molecule has 1 N–H and O–H groups in total. The molecule has 0 saturated heterocycles. The molecule has 1 atom stereocenters. The highest BCUT2D eigenvalue weighted by atomic mass is 15.2. The molecule has 0 bridgehead atoms. The predicted octanol–water partition coefficient (Wildman–Crippen LogP) is 3.52. The maximum absolute atomic E-state index is 3.49. The van der Waals surface area contributed by atoms with Gasteiger partial charge in [-0.05, 0) is 45.3 Å². The van der Waals surface area contributed by atoms with E-state index in [2.05, 4.69) is 55.4 Å². The van der Waals surface area contributed by atoms with Crippen LogP contribution in [0, 0.1) is 6.92 Å². The maximum Gasteiger partial charge on any atom is 0.0446 e. The fourth-order valence-electron chi connectivity index (χ4n) is 2.62. The maximum atomic E-state index is 3.49. The Morgan fingerprint density at radius 3 is 2.47 bits per heavy atom. The number of hydrogen-bond acceptors (Lipinski definition) is 2. The van der Waals surface area contributed by atoms with Gasteiger partial charge in [0.25, 0.3) is 0 Å². The zero-order valence-corrected chi connectivity index (χ0v) is 12.7. The van der Waals surface area contributed by atoms with Crippen LogP contribution in [-0.2, 0) is 0 Å². The molecule has 0 amide bonds. The van der Waals surface area contributed by atoms with E-state index in [-0.39, 0.29) is 0 Å². The summed E-state index contributed by atoms with van der Waals surface area (Å²) in [6, 6.07) is 10.3. The average molecular weight is 260 g/mol.